The zero-order chi connectivity index (χ0) is 22.5. The molecule has 2 aliphatic carbocycles. The summed E-state index contributed by atoms with van der Waals surface area (Å²) in [6.45, 7) is 13.8. The third kappa shape index (κ3) is 9.23. The van der Waals surface area contributed by atoms with Gasteiger partial charge in [0.2, 0.25) is 0 Å². The maximum absolute atomic E-state index is 4.49. The number of rotatable bonds is 15. The zero-order valence-electron chi connectivity index (χ0n) is 21.4. The molecule has 0 aromatic heterocycles. The molecule has 0 heterocycles. The van der Waals surface area contributed by atoms with Crippen LogP contribution in [0, 0.1) is 0 Å². The van der Waals surface area contributed by atoms with Crippen LogP contribution in [0.25, 0.3) is 0 Å². The van der Waals surface area contributed by atoms with Crippen molar-refractivity contribution in [2.75, 3.05) is 20.1 Å². The molecule has 3 nitrogen and oxygen atoms in total. The van der Waals surface area contributed by atoms with E-state index in [1.807, 2.05) is 0 Å². The van der Waals surface area contributed by atoms with Crippen LogP contribution in [0.15, 0.2) is 12.3 Å². The Bertz CT molecular complexity index is 475. The molecule has 2 aliphatic rings. The standard InChI is InChI=1S/C26H53N3P2/c1-6-8-16-22-27-30(25-18-12-10-13-19-25)28(5)31(26-20-14-11-15-21-26)29(24(3)4)23-17-9-7-2/h25-27H,3,6-23H2,1-2,4-5H3. The fourth-order valence-corrected chi connectivity index (χ4v) is 12.4. The highest BCUT2D eigenvalue weighted by Crippen LogP contribution is 2.64. The molecule has 182 valence electrons. The van der Waals surface area contributed by atoms with Crippen molar-refractivity contribution in [2.45, 2.75) is 135 Å². The predicted octanol–water partition coefficient (Wildman–Crippen LogP) is 9.01. The number of hydrogen-bond donors (Lipinski definition) is 1. The molecule has 2 saturated carbocycles. The number of nitrogens with one attached hydrogen (secondary N) is 1. The van der Waals surface area contributed by atoms with Gasteiger partial charge in [0.05, 0.1) is 8.22 Å². The molecule has 2 unspecified atom stereocenters. The van der Waals surface area contributed by atoms with Crippen molar-refractivity contribution in [3.05, 3.63) is 12.3 Å². The summed E-state index contributed by atoms with van der Waals surface area (Å²) in [5.41, 5.74) is 3.05. The molecule has 2 fully saturated rings. The summed E-state index contributed by atoms with van der Waals surface area (Å²) >= 11 is 0. The minimum atomic E-state index is -0.315. The normalized spacial score (nSPS) is 20.7. The molecule has 0 aromatic rings. The summed E-state index contributed by atoms with van der Waals surface area (Å²) in [7, 11) is 1.92. The lowest BCUT2D eigenvalue weighted by atomic mass is 10.0. The van der Waals surface area contributed by atoms with Crippen LogP contribution in [0.1, 0.15) is 124 Å². The Balaban J connectivity index is 2.23. The highest BCUT2D eigenvalue weighted by molar-refractivity contribution is 7.69. The van der Waals surface area contributed by atoms with Crippen molar-refractivity contribution in [2.24, 2.45) is 0 Å². The van der Waals surface area contributed by atoms with Gasteiger partial charge in [-0.3, -0.25) is 5.09 Å². The van der Waals surface area contributed by atoms with E-state index in [9.17, 15) is 0 Å². The van der Waals surface area contributed by atoms with E-state index in [1.165, 1.54) is 122 Å². The Morgan fingerprint density at radius 2 is 1.39 bits per heavy atom. The van der Waals surface area contributed by atoms with Crippen molar-refractivity contribution in [1.29, 1.82) is 0 Å². The number of hydrogen-bond acceptors (Lipinski definition) is 3. The van der Waals surface area contributed by atoms with Crippen molar-refractivity contribution in [1.82, 2.24) is 14.2 Å². The van der Waals surface area contributed by atoms with Crippen molar-refractivity contribution >= 4 is 16.4 Å². The summed E-state index contributed by atoms with van der Waals surface area (Å²) in [5, 5.41) is 4.16. The smallest absolute Gasteiger partial charge is 0.0746 e. The third-order valence-electron chi connectivity index (χ3n) is 7.15. The molecule has 0 bridgehead atoms. The monoisotopic (exact) mass is 469 g/mol. The number of nitrogens with zero attached hydrogens (tertiary/aromatic N) is 2. The summed E-state index contributed by atoms with van der Waals surface area (Å²) in [5.74, 6) is 0. The van der Waals surface area contributed by atoms with Gasteiger partial charge in [0, 0.05) is 38.3 Å². The van der Waals surface area contributed by atoms with Gasteiger partial charge in [0.25, 0.3) is 0 Å². The molecule has 0 spiro atoms. The molecule has 2 atom stereocenters. The van der Waals surface area contributed by atoms with Gasteiger partial charge in [-0.25, -0.2) is 4.44 Å². The maximum atomic E-state index is 4.49. The maximum Gasteiger partial charge on any atom is 0.0746 e. The van der Waals surface area contributed by atoms with Crippen LogP contribution >= 0.6 is 16.4 Å². The van der Waals surface area contributed by atoms with E-state index in [4.69, 9.17) is 0 Å². The van der Waals surface area contributed by atoms with Gasteiger partial charge in [-0.05, 0) is 52.5 Å². The Hall–Kier alpha value is 0.320. The second-order valence-electron chi connectivity index (χ2n) is 9.92. The first-order valence-electron chi connectivity index (χ1n) is 13.6. The topological polar surface area (TPSA) is 18.5 Å². The molecule has 5 heteroatoms. The molecular formula is C26H53N3P2. The van der Waals surface area contributed by atoms with E-state index in [0.29, 0.717) is 0 Å². The van der Waals surface area contributed by atoms with E-state index in [2.05, 4.69) is 48.6 Å². The van der Waals surface area contributed by atoms with Gasteiger partial charge in [-0.15, -0.1) is 0 Å². The zero-order valence-corrected chi connectivity index (χ0v) is 23.2. The SMILES string of the molecule is C=C(C)N(CCCCC)P(C1CCCCC1)N(C)P(NCCCCC)C1CCCCC1. The molecule has 1 N–H and O–H groups in total. The van der Waals surface area contributed by atoms with Crippen LogP contribution in [-0.4, -0.2) is 40.6 Å². The van der Waals surface area contributed by atoms with Crippen LogP contribution < -0.4 is 5.09 Å². The van der Waals surface area contributed by atoms with Gasteiger partial charge in [-0.1, -0.05) is 84.6 Å². The first-order valence-corrected chi connectivity index (χ1v) is 16.3. The largest absolute Gasteiger partial charge is 0.342 e. The van der Waals surface area contributed by atoms with Crippen LogP contribution in [0.5, 0.6) is 0 Å². The molecule has 31 heavy (non-hydrogen) atoms. The average molecular weight is 470 g/mol. The minimum Gasteiger partial charge on any atom is -0.342 e. The Morgan fingerprint density at radius 3 is 1.94 bits per heavy atom. The van der Waals surface area contributed by atoms with E-state index >= 15 is 0 Å². The van der Waals surface area contributed by atoms with Crippen LogP contribution in [0.2, 0.25) is 0 Å². The fraction of sp³-hybridized carbons (Fsp3) is 0.923. The Labute approximate surface area is 197 Å². The highest BCUT2D eigenvalue weighted by Gasteiger charge is 2.38. The van der Waals surface area contributed by atoms with E-state index in [-0.39, 0.29) is 16.4 Å². The summed E-state index contributed by atoms with van der Waals surface area (Å²) < 4.78 is 5.70. The fourth-order valence-electron chi connectivity index (χ4n) is 5.34. The summed E-state index contributed by atoms with van der Waals surface area (Å²) in [4.78, 5) is 0. The van der Waals surface area contributed by atoms with Gasteiger partial charge in [0.1, 0.15) is 0 Å². The molecule has 0 aliphatic heterocycles. The number of unbranched alkanes of at least 4 members (excludes halogenated alkanes) is 4. The molecular weight excluding hydrogens is 416 g/mol. The van der Waals surface area contributed by atoms with Crippen molar-refractivity contribution < 1.29 is 0 Å². The quantitative estimate of drug-likeness (QED) is 0.191. The van der Waals surface area contributed by atoms with Gasteiger partial charge >= 0.3 is 0 Å². The van der Waals surface area contributed by atoms with Gasteiger partial charge in [0.15, 0.2) is 0 Å². The molecule has 0 aromatic carbocycles. The lowest BCUT2D eigenvalue weighted by Crippen LogP contribution is -2.35. The van der Waals surface area contributed by atoms with Gasteiger partial charge in [-0.2, -0.15) is 0 Å². The first-order chi connectivity index (χ1) is 15.1. The van der Waals surface area contributed by atoms with E-state index in [1.54, 1.807) is 0 Å². The van der Waals surface area contributed by atoms with E-state index in [0.717, 1.165) is 11.3 Å². The average Bonchev–Trinajstić information content (AvgIpc) is 2.79. The lowest BCUT2D eigenvalue weighted by Gasteiger charge is -2.49. The molecule has 2 rings (SSSR count). The van der Waals surface area contributed by atoms with Crippen LogP contribution in [0.4, 0.5) is 0 Å². The molecule has 0 saturated heterocycles. The summed E-state index contributed by atoms with van der Waals surface area (Å²) in [6, 6.07) is 0. The molecule has 0 radical (unpaired) electrons. The van der Waals surface area contributed by atoms with Crippen molar-refractivity contribution in [3.63, 3.8) is 0 Å². The highest BCUT2D eigenvalue weighted by atomic mass is 31.2. The van der Waals surface area contributed by atoms with Crippen molar-refractivity contribution in [3.8, 4) is 0 Å². The summed E-state index contributed by atoms with van der Waals surface area (Å²) in [6.07, 6.45) is 22.3. The lowest BCUT2D eigenvalue weighted by molar-refractivity contribution is 0.451. The second kappa shape index (κ2) is 16.0. The van der Waals surface area contributed by atoms with Gasteiger partial charge < -0.3 is 4.67 Å². The predicted molar refractivity (Wildman–Crippen MR) is 144 cm³/mol. The van der Waals surface area contributed by atoms with Crippen LogP contribution in [0.3, 0.4) is 0 Å². The Morgan fingerprint density at radius 1 is 0.839 bits per heavy atom. The number of allylic oxidation sites excluding steroid dienone is 1. The minimum absolute atomic E-state index is 0.267. The van der Waals surface area contributed by atoms with E-state index < -0.39 is 0 Å². The first kappa shape index (κ1) is 27.6. The molecule has 0 amide bonds. The van der Waals surface area contributed by atoms with Crippen LogP contribution in [-0.2, 0) is 0 Å². The third-order valence-corrected chi connectivity index (χ3v) is 13.5. The Kier molecular flexibility index (Phi) is 14.3. The second-order valence-corrected chi connectivity index (χ2v) is 15.0.